The van der Waals surface area contributed by atoms with Gasteiger partial charge in [0.2, 0.25) is 5.89 Å². The van der Waals surface area contributed by atoms with Gasteiger partial charge < -0.3 is 4.52 Å². The molecule has 3 nitrogen and oxygen atoms in total. The second kappa shape index (κ2) is 5.37. The van der Waals surface area contributed by atoms with Crippen molar-refractivity contribution in [2.75, 3.05) is 0 Å². The van der Waals surface area contributed by atoms with Crippen molar-refractivity contribution >= 4 is 23.4 Å². The van der Waals surface area contributed by atoms with Crippen LogP contribution in [0.2, 0.25) is 0 Å². The van der Waals surface area contributed by atoms with E-state index in [0.29, 0.717) is 17.5 Å². The minimum atomic E-state index is 0.266. The molecule has 0 aliphatic heterocycles. The van der Waals surface area contributed by atoms with Crippen molar-refractivity contribution in [3.05, 3.63) is 41.5 Å². The number of thioether (sulfide) groups is 1. The minimum Gasteiger partial charge on any atom is -0.338 e. The Hall–Kier alpha value is -1.000. The predicted molar refractivity (Wildman–Crippen MR) is 64.6 cm³/mol. The van der Waals surface area contributed by atoms with Gasteiger partial charge in [0.1, 0.15) is 5.88 Å². The zero-order valence-corrected chi connectivity index (χ0v) is 10.4. The fourth-order valence-electron chi connectivity index (χ4n) is 1.26. The van der Waals surface area contributed by atoms with Crippen LogP contribution in [0.3, 0.4) is 0 Å². The first-order chi connectivity index (χ1) is 7.79. The topological polar surface area (TPSA) is 38.9 Å². The molecule has 5 heteroatoms. The lowest BCUT2D eigenvalue weighted by molar-refractivity contribution is 0.386. The van der Waals surface area contributed by atoms with Gasteiger partial charge in [0.15, 0.2) is 5.82 Å². The van der Waals surface area contributed by atoms with Gasteiger partial charge in [-0.25, -0.2) is 0 Å². The van der Waals surface area contributed by atoms with Crippen molar-refractivity contribution in [3.8, 4) is 0 Å². The third-order valence-corrected chi connectivity index (χ3v) is 3.48. The Kier molecular flexibility index (Phi) is 3.85. The largest absolute Gasteiger partial charge is 0.338 e. The molecule has 0 spiro atoms. The van der Waals surface area contributed by atoms with E-state index in [9.17, 15) is 0 Å². The molecule has 0 unspecified atom stereocenters. The first-order valence-corrected chi connectivity index (χ1v) is 6.37. The molecule has 84 valence electrons. The molecule has 0 saturated heterocycles. The van der Waals surface area contributed by atoms with Crippen molar-refractivity contribution in [1.29, 1.82) is 0 Å². The molecule has 0 aliphatic carbocycles. The highest BCUT2D eigenvalue weighted by atomic mass is 35.5. The van der Waals surface area contributed by atoms with Gasteiger partial charge in [-0.05, 0) is 18.6 Å². The third kappa shape index (κ3) is 2.77. The Morgan fingerprint density at radius 2 is 2.19 bits per heavy atom. The van der Waals surface area contributed by atoms with E-state index in [4.69, 9.17) is 16.1 Å². The van der Waals surface area contributed by atoms with Crippen molar-refractivity contribution in [3.63, 3.8) is 0 Å². The standard InChI is InChI=1S/C11H11ClN2OS/c1-8-4-2-3-5-9(8)16-7-10-13-11(6-12)15-14-10/h2-5H,6-7H2,1H3. The van der Waals surface area contributed by atoms with E-state index in [1.807, 2.05) is 12.1 Å². The first-order valence-electron chi connectivity index (χ1n) is 4.85. The maximum absolute atomic E-state index is 5.58. The van der Waals surface area contributed by atoms with Gasteiger partial charge in [-0.2, -0.15) is 4.98 Å². The molecular weight excluding hydrogens is 244 g/mol. The van der Waals surface area contributed by atoms with Crippen LogP contribution in [0.5, 0.6) is 0 Å². The molecule has 1 heterocycles. The second-order valence-corrected chi connectivity index (χ2v) is 4.58. The zero-order chi connectivity index (χ0) is 11.4. The molecule has 16 heavy (non-hydrogen) atoms. The van der Waals surface area contributed by atoms with E-state index in [1.54, 1.807) is 11.8 Å². The van der Waals surface area contributed by atoms with E-state index in [-0.39, 0.29) is 5.88 Å². The maximum atomic E-state index is 5.58. The number of aryl methyl sites for hydroxylation is 1. The molecule has 0 atom stereocenters. The van der Waals surface area contributed by atoms with Crippen molar-refractivity contribution in [2.45, 2.75) is 23.5 Å². The van der Waals surface area contributed by atoms with Crippen LogP contribution in [-0.4, -0.2) is 10.1 Å². The number of halogens is 1. The smallest absolute Gasteiger partial charge is 0.241 e. The summed E-state index contributed by atoms with van der Waals surface area (Å²) in [5, 5.41) is 3.84. The van der Waals surface area contributed by atoms with Crippen LogP contribution < -0.4 is 0 Å². The Bertz CT molecular complexity index is 473. The van der Waals surface area contributed by atoms with E-state index in [0.717, 1.165) is 0 Å². The average molecular weight is 255 g/mol. The molecule has 0 bridgehead atoms. The fraction of sp³-hybridized carbons (Fsp3) is 0.273. The summed E-state index contributed by atoms with van der Waals surface area (Å²) in [5.74, 6) is 2.12. The number of benzene rings is 1. The number of hydrogen-bond acceptors (Lipinski definition) is 4. The maximum Gasteiger partial charge on any atom is 0.241 e. The summed E-state index contributed by atoms with van der Waals surface area (Å²) in [6, 6.07) is 8.22. The van der Waals surface area contributed by atoms with Gasteiger partial charge >= 0.3 is 0 Å². The van der Waals surface area contributed by atoms with Crippen LogP contribution in [0.25, 0.3) is 0 Å². The number of nitrogens with zero attached hydrogens (tertiary/aromatic N) is 2. The molecule has 0 fully saturated rings. The van der Waals surface area contributed by atoms with Gasteiger partial charge in [0, 0.05) is 4.90 Å². The lowest BCUT2D eigenvalue weighted by Gasteiger charge is -2.01. The molecule has 1 aromatic heterocycles. The highest BCUT2D eigenvalue weighted by Gasteiger charge is 2.06. The molecule has 0 aliphatic rings. The van der Waals surface area contributed by atoms with Crippen LogP contribution in [0.15, 0.2) is 33.7 Å². The highest BCUT2D eigenvalue weighted by Crippen LogP contribution is 2.24. The van der Waals surface area contributed by atoms with Crippen molar-refractivity contribution in [1.82, 2.24) is 10.1 Å². The van der Waals surface area contributed by atoms with Crippen LogP contribution in [0.4, 0.5) is 0 Å². The van der Waals surface area contributed by atoms with Gasteiger partial charge in [-0.1, -0.05) is 23.4 Å². The Labute approximate surface area is 103 Å². The van der Waals surface area contributed by atoms with Crippen LogP contribution in [-0.2, 0) is 11.6 Å². The first kappa shape index (κ1) is 11.5. The molecular formula is C11H11ClN2OS. The number of alkyl halides is 1. The van der Waals surface area contributed by atoms with Gasteiger partial charge in [0.05, 0.1) is 5.75 Å². The van der Waals surface area contributed by atoms with E-state index < -0.39 is 0 Å². The Morgan fingerprint density at radius 1 is 1.38 bits per heavy atom. The summed E-state index contributed by atoms with van der Waals surface area (Å²) >= 11 is 7.28. The zero-order valence-electron chi connectivity index (χ0n) is 8.81. The minimum absolute atomic E-state index is 0.266. The van der Waals surface area contributed by atoms with E-state index in [2.05, 4.69) is 29.2 Å². The molecule has 2 aromatic rings. The van der Waals surface area contributed by atoms with E-state index >= 15 is 0 Å². The summed E-state index contributed by atoms with van der Waals surface area (Å²) in [6.07, 6.45) is 0. The predicted octanol–water partition coefficient (Wildman–Crippen LogP) is 3.41. The lowest BCUT2D eigenvalue weighted by atomic mass is 10.2. The second-order valence-electron chi connectivity index (χ2n) is 3.29. The number of aromatic nitrogens is 2. The van der Waals surface area contributed by atoms with Crippen LogP contribution in [0, 0.1) is 6.92 Å². The summed E-state index contributed by atoms with van der Waals surface area (Å²) in [5.41, 5.74) is 1.26. The molecule has 0 saturated carbocycles. The van der Waals surface area contributed by atoms with Crippen LogP contribution in [0.1, 0.15) is 17.3 Å². The summed E-state index contributed by atoms with van der Waals surface area (Å²) in [6.45, 7) is 2.09. The summed E-state index contributed by atoms with van der Waals surface area (Å²) in [7, 11) is 0. The number of rotatable bonds is 4. The highest BCUT2D eigenvalue weighted by molar-refractivity contribution is 7.98. The Morgan fingerprint density at radius 3 is 2.88 bits per heavy atom. The normalized spacial score (nSPS) is 10.6. The fourth-order valence-corrected chi connectivity index (χ4v) is 2.24. The van der Waals surface area contributed by atoms with Gasteiger partial charge in [0.25, 0.3) is 0 Å². The molecule has 1 aromatic carbocycles. The number of hydrogen-bond donors (Lipinski definition) is 0. The van der Waals surface area contributed by atoms with E-state index in [1.165, 1.54) is 10.5 Å². The molecule has 2 rings (SSSR count). The monoisotopic (exact) mass is 254 g/mol. The van der Waals surface area contributed by atoms with Crippen molar-refractivity contribution < 1.29 is 4.52 Å². The third-order valence-electron chi connectivity index (χ3n) is 2.07. The van der Waals surface area contributed by atoms with Gasteiger partial charge in [-0.15, -0.1) is 23.4 Å². The molecule has 0 radical (unpaired) electrons. The molecule has 0 N–H and O–H groups in total. The SMILES string of the molecule is Cc1ccccc1SCc1noc(CCl)n1. The summed E-state index contributed by atoms with van der Waals surface area (Å²) in [4.78, 5) is 5.38. The van der Waals surface area contributed by atoms with Crippen molar-refractivity contribution in [2.24, 2.45) is 0 Å². The van der Waals surface area contributed by atoms with Crippen LogP contribution >= 0.6 is 23.4 Å². The average Bonchev–Trinajstić information content (AvgIpc) is 2.76. The lowest BCUT2D eigenvalue weighted by Crippen LogP contribution is -1.86. The molecule has 0 amide bonds. The summed E-state index contributed by atoms with van der Waals surface area (Å²) < 4.78 is 4.93. The quantitative estimate of drug-likeness (QED) is 0.619. The van der Waals surface area contributed by atoms with Gasteiger partial charge in [-0.3, -0.25) is 0 Å². The Balaban J connectivity index is 1.99.